The van der Waals surface area contributed by atoms with Gasteiger partial charge in [-0.25, -0.2) is 0 Å². The summed E-state index contributed by atoms with van der Waals surface area (Å²) in [5.41, 5.74) is 0.239. The smallest absolute Gasteiger partial charge is 0.325 e. The fraction of sp³-hybridized carbons (Fsp3) is 0.364. The molecule has 0 spiro atoms. The molecule has 1 aromatic heterocycles. The average Bonchev–Trinajstić information content (AvgIpc) is 2.90. The van der Waals surface area contributed by atoms with Gasteiger partial charge >= 0.3 is 11.9 Å². The molecule has 0 radical (unpaired) electrons. The van der Waals surface area contributed by atoms with Crippen molar-refractivity contribution in [3.05, 3.63) is 24.2 Å². The van der Waals surface area contributed by atoms with Crippen LogP contribution in [0.25, 0.3) is 0 Å². The normalized spacial score (nSPS) is 9.67. The predicted molar refractivity (Wildman–Crippen MR) is 58.6 cm³/mol. The number of furan rings is 1. The lowest BCUT2D eigenvalue weighted by Gasteiger charge is -2.19. The Morgan fingerprint density at radius 1 is 1.17 bits per heavy atom. The van der Waals surface area contributed by atoms with Gasteiger partial charge in [-0.05, 0) is 6.07 Å². The van der Waals surface area contributed by atoms with E-state index in [2.05, 4.69) is 9.47 Å². The Balaban J connectivity index is 2.79. The molecule has 0 aliphatic carbocycles. The highest BCUT2D eigenvalue weighted by Crippen LogP contribution is 2.06. The lowest BCUT2D eigenvalue weighted by Crippen LogP contribution is -2.40. The third kappa shape index (κ3) is 3.62. The lowest BCUT2D eigenvalue weighted by molar-refractivity contribution is -0.144. The van der Waals surface area contributed by atoms with Gasteiger partial charge in [0.2, 0.25) is 0 Å². The molecule has 0 aliphatic rings. The van der Waals surface area contributed by atoms with Crippen LogP contribution in [-0.2, 0) is 19.1 Å². The molecule has 7 nitrogen and oxygen atoms in total. The van der Waals surface area contributed by atoms with Crippen LogP contribution in [-0.4, -0.2) is 50.1 Å². The van der Waals surface area contributed by atoms with Crippen LogP contribution in [0.2, 0.25) is 0 Å². The van der Waals surface area contributed by atoms with E-state index < -0.39 is 17.8 Å². The van der Waals surface area contributed by atoms with Crippen LogP contribution in [0, 0.1) is 0 Å². The van der Waals surface area contributed by atoms with Crippen LogP contribution in [0.1, 0.15) is 10.4 Å². The standard InChI is InChI=1S/C11H13NO6/c1-16-9(13)5-12(6-10(14)17-2)11(15)8-3-4-18-7-8/h3-4,7H,5-6H2,1-2H3. The molecule has 1 aromatic rings. The maximum atomic E-state index is 12.0. The first-order chi connectivity index (χ1) is 8.58. The summed E-state index contributed by atoms with van der Waals surface area (Å²) in [7, 11) is 2.39. The van der Waals surface area contributed by atoms with E-state index in [1.54, 1.807) is 0 Å². The zero-order valence-corrected chi connectivity index (χ0v) is 10.0. The molecule has 1 amide bonds. The number of esters is 2. The first-order valence-electron chi connectivity index (χ1n) is 5.03. The maximum Gasteiger partial charge on any atom is 0.325 e. The summed E-state index contributed by atoms with van der Waals surface area (Å²) in [4.78, 5) is 35.3. The molecule has 0 saturated heterocycles. The van der Waals surface area contributed by atoms with E-state index in [1.807, 2.05) is 0 Å². The number of methoxy groups -OCH3 is 2. The van der Waals surface area contributed by atoms with Crippen molar-refractivity contribution in [1.29, 1.82) is 0 Å². The van der Waals surface area contributed by atoms with E-state index in [0.29, 0.717) is 0 Å². The number of hydrogen-bond donors (Lipinski definition) is 0. The van der Waals surface area contributed by atoms with Gasteiger partial charge < -0.3 is 18.8 Å². The topological polar surface area (TPSA) is 86.0 Å². The monoisotopic (exact) mass is 255 g/mol. The fourth-order valence-electron chi connectivity index (χ4n) is 1.21. The van der Waals surface area contributed by atoms with Crippen molar-refractivity contribution in [2.45, 2.75) is 0 Å². The lowest BCUT2D eigenvalue weighted by atomic mass is 10.3. The minimum absolute atomic E-state index is 0.239. The molecule has 7 heteroatoms. The summed E-state index contributed by atoms with van der Waals surface area (Å²) in [6.07, 6.45) is 2.55. The van der Waals surface area contributed by atoms with Crippen molar-refractivity contribution in [3.8, 4) is 0 Å². The van der Waals surface area contributed by atoms with Crippen molar-refractivity contribution >= 4 is 17.8 Å². The van der Waals surface area contributed by atoms with Gasteiger partial charge in [0.25, 0.3) is 5.91 Å². The molecule has 98 valence electrons. The number of rotatable bonds is 5. The Hall–Kier alpha value is -2.31. The van der Waals surface area contributed by atoms with Gasteiger partial charge in [0.15, 0.2) is 0 Å². The molecule has 0 aliphatic heterocycles. The molecule has 18 heavy (non-hydrogen) atoms. The summed E-state index contributed by atoms with van der Waals surface area (Å²) < 4.78 is 13.7. The van der Waals surface area contributed by atoms with Crippen molar-refractivity contribution in [1.82, 2.24) is 4.90 Å². The molecule has 0 saturated carbocycles. The Labute approximate surface area is 103 Å². The van der Waals surface area contributed by atoms with Gasteiger partial charge in [0, 0.05) is 0 Å². The number of ether oxygens (including phenoxy) is 2. The zero-order valence-electron chi connectivity index (χ0n) is 10.0. The van der Waals surface area contributed by atoms with Crippen molar-refractivity contribution < 1.29 is 28.3 Å². The second kappa shape index (κ2) is 6.43. The molecule has 0 fully saturated rings. The minimum atomic E-state index is -0.629. The van der Waals surface area contributed by atoms with Crippen LogP contribution in [0.4, 0.5) is 0 Å². The quantitative estimate of drug-likeness (QED) is 0.692. The third-order valence-corrected chi connectivity index (χ3v) is 2.15. The Morgan fingerprint density at radius 2 is 1.72 bits per heavy atom. The Kier molecular flexibility index (Phi) is 4.91. The highest BCUT2D eigenvalue weighted by molar-refractivity contribution is 5.97. The summed E-state index contributed by atoms with van der Waals surface area (Å²) in [5, 5.41) is 0. The van der Waals surface area contributed by atoms with Crippen molar-refractivity contribution in [2.24, 2.45) is 0 Å². The number of nitrogens with zero attached hydrogens (tertiary/aromatic N) is 1. The van der Waals surface area contributed by atoms with Gasteiger partial charge in [-0.2, -0.15) is 0 Å². The fourth-order valence-corrected chi connectivity index (χ4v) is 1.21. The van der Waals surface area contributed by atoms with Crippen LogP contribution < -0.4 is 0 Å². The van der Waals surface area contributed by atoms with Crippen molar-refractivity contribution in [2.75, 3.05) is 27.3 Å². The van der Waals surface area contributed by atoms with Gasteiger partial charge in [0.1, 0.15) is 19.4 Å². The summed E-state index contributed by atoms with van der Waals surface area (Å²) in [5.74, 6) is -1.77. The third-order valence-electron chi connectivity index (χ3n) is 2.15. The van der Waals surface area contributed by atoms with E-state index in [9.17, 15) is 14.4 Å². The Bertz CT molecular complexity index is 407. The van der Waals surface area contributed by atoms with Gasteiger partial charge in [-0.1, -0.05) is 0 Å². The average molecular weight is 255 g/mol. The van der Waals surface area contributed by atoms with Gasteiger partial charge in [-0.15, -0.1) is 0 Å². The SMILES string of the molecule is COC(=O)CN(CC(=O)OC)C(=O)c1ccoc1. The Morgan fingerprint density at radius 3 is 2.11 bits per heavy atom. The zero-order chi connectivity index (χ0) is 13.5. The largest absolute Gasteiger partial charge is 0.472 e. The summed E-state index contributed by atoms with van der Waals surface area (Å²) >= 11 is 0. The first kappa shape index (κ1) is 13.8. The molecular weight excluding hydrogens is 242 g/mol. The molecule has 0 N–H and O–H groups in total. The number of amides is 1. The molecular formula is C11H13NO6. The molecule has 1 heterocycles. The summed E-state index contributed by atoms with van der Waals surface area (Å²) in [6.45, 7) is -0.675. The molecule has 0 aromatic carbocycles. The van der Waals surface area contributed by atoms with Gasteiger partial charge in [-0.3, -0.25) is 14.4 Å². The van der Waals surface area contributed by atoms with E-state index in [1.165, 1.54) is 32.8 Å². The second-order valence-electron chi connectivity index (χ2n) is 3.33. The van der Waals surface area contributed by atoms with E-state index >= 15 is 0 Å². The number of carbonyl (C=O) groups is 3. The van der Waals surface area contributed by atoms with E-state index in [-0.39, 0.29) is 18.7 Å². The van der Waals surface area contributed by atoms with E-state index in [4.69, 9.17) is 4.42 Å². The maximum absolute atomic E-state index is 12.0. The molecule has 0 unspecified atom stereocenters. The highest BCUT2D eigenvalue weighted by atomic mass is 16.5. The molecule has 0 atom stereocenters. The van der Waals surface area contributed by atoms with Crippen LogP contribution >= 0.6 is 0 Å². The van der Waals surface area contributed by atoms with Crippen LogP contribution in [0.5, 0.6) is 0 Å². The van der Waals surface area contributed by atoms with Crippen molar-refractivity contribution in [3.63, 3.8) is 0 Å². The number of carbonyl (C=O) groups excluding carboxylic acids is 3. The minimum Gasteiger partial charge on any atom is -0.472 e. The first-order valence-corrected chi connectivity index (χ1v) is 5.03. The number of hydrogen-bond acceptors (Lipinski definition) is 6. The van der Waals surface area contributed by atoms with Gasteiger partial charge in [0.05, 0.1) is 26.0 Å². The van der Waals surface area contributed by atoms with Crippen LogP contribution in [0.3, 0.4) is 0 Å². The second-order valence-corrected chi connectivity index (χ2v) is 3.33. The van der Waals surface area contributed by atoms with Crippen LogP contribution in [0.15, 0.2) is 23.0 Å². The molecule has 0 bridgehead atoms. The predicted octanol–water partition coefficient (Wildman–Crippen LogP) is 0.0678. The summed E-state index contributed by atoms with van der Waals surface area (Å²) in [6, 6.07) is 1.43. The van der Waals surface area contributed by atoms with E-state index in [0.717, 1.165) is 4.90 Å². The highest BCUT2D eigenvalue weighted by Gasteiger charge is 2.22. The molecule has 1 rings (SSSR count).